The monoisotopic (exact) mass is 405 g/mol. The van der Waals surface area contributed by atoms with E-state index in [0.29, 0.717) is 11.8 Å². The third-order valence-corrected chi connectivity index (χ3v) is 6.06. The molecule has 150 valence electrons. The molecule has 2 aromatic carbocycles. The number of fused-ring (bicyclic) bond motifs is 1. The lowest BCUT2D eigenvalue weighted by atomic mass is 10.1. The fourth-order valence-electron chi connectivity index (χ4n) is 3.16. The lowest BCUT2D eigenvalue weighted by molar-refractivity contribution is -0.141. The van der Waals surface area contributed by atoms with Gasteiger partial charge in [-0.2, -0.15) is 0 Å². The first-order valence-corrected chi connectivity index (χ1v) is 10.4. The van der Waals surface area contributed by atoms with Crippen molar-refractivity contribution in [2.75, 3.05) is 32.1 Å². The second-order valence-corrected chi connectivity index (χ2v) is 8.48. The first kappa shape index (κ1) is 20.1. The average molecular weight is 405 g/mol. The maximum absolute atomic E-state index is 12.8. The summed E-state index contributed by atoms with van der Waals surface area (Å²) in [6.45, 7) is 0.214. The zero-order chi connectivity index (χ0) is 20.3. The van der Waals surface area contributed by atoms with E-state index in [4.69, 9.17) is 4.74 Å². The molecule has 1 saturated heterocycles. The Morgan fingerprint density at radius 2 is 1.89 bits per heavy atom. The predicted molar refractivity (Wildman–Crippen MR) is 106 cm³/mol. The number of benzene rings is 2. The van der Waals surface area contributed by atoms with Crippen molar-refractivity contribution in [1.82, 2.24) is 10.0 Å². The number of carbonyl (C=O) groups is 2. The molecule has 1 amide bonds. The van der Waals surface area contributed by atoms with Gasteiger partial charge in [-0.05, 0) is 12.1 Å². The van der Waals surface area contributed by atoms with E-state index in [9.17, 15) is 18.0 Å². The van der Waals surface area contributed by atoms with E-state index >= 15 is 0 Å². The standard InChI is InChI=1S/C19H23N3O5S/c1-22(2)16-7-3-6-14-13(16)5-4-8-17(14)28(25,26)20-11-9-18(23)21-15-10-12-27-19(15)24/h3-8,15,20H,9-12H2,1-2H3,(H,21,23)/t15-/m0/s1. The molecule has 1 aliphatic rings. The van der Waals surface area contributed by atoms with Gasteiger partial charge >= 0.3 is 5.97 Å². The third-order valence-electron chi connectivity index (χ3n) is 4.55. The van der Waals surface area contributed by atoms with Gasteiger partial charge in [-0.15, -0.1) is 0 Å². The largest absolute Gasteiger partial charge is 0.464 e. The summed E-state index contributed by atoms with van der Waals surface area (Å²) in [4.78, 5) is 25.4. The molecule has 1 fully saturated rings. The lowest BCUT2D eigenvalue weighted by Crippen LogP contribution is -2.39. The summed E-state index contributed by atoms with van der Waals surface area (Å²) in [5.41, 5.74) is 0.914. The van der Waals surface area contributed by atoms with Crippen LogP contribution in [0.1, 0.15) is 12.8 Å². The SMILES string of the molecule is CN(C)c1cccc2c(S(=O)(=O)NCCC(=O)N[C@H]3CCOC3=O)cccc12. The van der Waals surface area contributed by atoms with E-state index in [2.05, 4.69) is 10.0 Å². The van der Waals surface area contributed by atoms with Gasteiger partial charge in [0.1, 0.15) is 6.04 Å². The second kappa shape index (κ2) is 8.15. The van der Waals surface area contributed by atoms with Gasteiger partial charge in [0, 0.05) is 49.9 Å². The maximum Gasteiger partial charge on any atom is 0.328 e. The second-order valence-electron chi connectivity index (χ2n) is 6.75. The molecule has 0 unspecified atom stereocenters. The summed E-state index contributed by atoms with van der Waals surface area (Å²) in [5, 5.41) is 3.99. The van der Waals surface area contributed by atoms with Gasteiger partial charge in [-0.25, -0.2) is 17.9 Å². The molecule has 0 saturated carbocycles. The summed E-state index contributed by atoms with van der Waals surface area (Å²) >= 11 is 0. The number of esters is 1. The number of rotatable bonds is 7. The van der Waals surface area contributed by atoms with Crippen molar-refractivity contribution in [3.05, 3.63) is 36.4 Å². The van der Waals surface area contributed by atoms with Crippen LogP contribution in [0.4, 0.5) is 5.69 Å². The normalized spacial score (nSPS) is 16.8. The van der Waals surface area contributed by atoms with Crippen molar-refractivity contribution in [3.63, 3.8) is 0 Å². The summed E-state index contributed by atoms with van der Waals surface area (Å²) in [6.07, 6.45) is 0.358. The lowest BCUT2D eigenvalue weighted by Gasteiger charge is -2.17. The Labute approximate surface area is 163 Å². The summed E-state index contributed by atoms with van der Waals surface area (Å²) in [7, 11) is -0.0116. The quantitative estimate of drug-likeness (QED) is 0.666. The predicted octanol–water partition coefficient (Wildman–Crippen LogP) is 1.01. The van der Waals surface area contributed by atoms with Gasteiger partial charge in [0.15, 0.2) is 0 Å². The third kappa shape index (κ3) is 4.26. The summed E-state index contributed by atoms with van der Waals surface area (Å²) < 4.78 is 32.8. The molecule has 8 nitrogen and oxygen atoms in total. The highest BCUT2D eigenvalue weighted by Gasteiger charge is 2.27. The molecular formula is C19H23N3O5S. The Kier molecular flexibility index (Phi) is 5.85. The molecule has 2 aromatic rings. The molecule has 1 atom stereocenters. The van der Waals surface area contributed by atoms with Crippen LogP contribution < -0.4 is 14.9 Å². The smallest absolute Gasteiger partial charge is 0.328 e. The minimum Gasteiger partial charge on any atom is -0.464 e. The molecular weight excluding hydrogens is 382 g/mol. The molecule has 0 aliphatic carbocycles. The number of hydrogen-bond donors (Lipinski definition) is 2. The number of amides is 1. The number of nitrogens with one attached hydrogen (secondary N) is 2. The Morgan fingerprint density at radius 3 is 2.57 bits per heavy atom. The zero-order valence-corrected chi connectivity index (χ0v) is 16.6. The van der Waals surface area contributed by atoms with Crippen LogP contribution in [-0.2, 0) is 24.3 Å². The number of ether oxygens (including phenoxy) is 1. The molecule has 0 bridgehead atoms. The van der Waals surface area contributed by atoms with Crippen LogP contribution in [0.2, 0.25) is 0 Å². The van der Waals surface area contributed by atoms with Gasteiger partial charge in [0.05, 0.1) is 11.5 Å². The highest BCUT2D eigenvalue weighted by Crippen LogP contribution is 2.30. The molecule has 9 heteroatoms. The van der Waals surface area contributed by atoms with Crippen LogP contribution in [0.3, 0.4) is 0 Å². The van der Waals surface area contributed by atoms with E-state index in [0.717, 1.165) is 11.1 Å². The van der Waals surface area contributed by atoms with Crippen molar-refractivity contribution < 1.29 is 22.7 Å². The molecule has 2 N–H and O–H groups in total. The molecule has 0 radical (unpaired) electrons. The summed E-state index contributed by atoms with van der Waals surface area (Å²) in [6, 6.07) is 9.95. The topological polar surface area (TPSA) is 105 Å². The molecule has 28 heavy (non-hydrogen) atoms. The van der Waals surface area contributed by atoms with E-state index < -0.39 is 27.9 Å². The van der Waals surface area contributed by atoms with Crippen LogP contribution in [0.25, 0.3) is 10.8 Å². The molecule has 3 rings (SSSR count). The number of carbonyl (C=O) groups excluding carboxylic acids is 2. The number of anilines is 1. The van der Waals surface area contributed by atoms with E-state index in [1.807, 2.05) is 37.2 Å². The minimum absolute atomic E-state index is 0.0697. The van der Waals surface area contributed by atoms with Crippen molar-refractivity contribution in [2.45, 2.75) is 23.8 Å². The summed E-state index contributed by atoms with van der Waals surface area (Å²) in [5.74, 6) is -0.860. The van der Waals surface area contributed by atoms with Crippen molar-refractivity contribution in [3.8, 4) is 0 Å². The van der Waals surface area contributed by atoms with Gasteiger partial charge in [-0.1, -0.05) is 24.3 Å². The Morgan fingerprint density at radius 1 is 1.18 bits per heavy atom. The fourth-order valence-corrected chi connectivity index (χ4v) is 4.41. The van der Waals surface area contributed by atoms with Gasteiger partial charge in [0.25, 0.3) is 0 Å². The number of nitrogens with zero attached hydrogens (tertiary/aromatic N) is 1. The first-order chi connectivity index (χ1) is 13.3. The van der Waals surface area contributed by atoms with Gasteiger partial charge in [-0.3, -0.25) is 4.79 Å². The average Bonchev–Trinajstić information content (AvgIpc) is 3.05. The minimum atomic E-state index is -3.80. The van der Waals surface area contributed by atoms with Gasteiger partial charge in [0.2, 0.25) is 15.9 Å². The van der Waals surface area contributed by atoms with Crippen LogP contribution in [0.15, 0.2) is 41.3 Å². The van der Waals surface area contributed by atoms with Crippen LogP contribution >= 0.6 is 0 Å². The van der Waals surface area contributed by atoms with E-state index in [1.54, 1.807) is 18.2 Å². The van der Waals surface area contributed by atoms with E-state index in [1.165, 1.54) is 0 Å². The van der Waals surface area contributed by atoms with Crippen molar-refractivity contribution >= 4 is 38.4 Å². The van der Waals surface area contributed by atoms with Gasteiger partial charge < -0.3 is 15.0 Å². The number of hydrogen-bond acceptors (Lipinski definition) is 6. The van der Waals surface area contributed by atoms with E-state index in [-0.39, 0.29) is 24.5 Å². The highest BCUT2D eigenvalue weighted by molar-refractivity contribution is 7.89. The molecule has 0 aromatic heterocycles. The maximum atomic E-state index is 12.8. The number of cyclic esters (lactones) is 1. The first-order valence-electron chi connectivity index (χ1n) is 8.94. The number of sulfonamides is 1. The molecule has 0 spiro atoms. The van der Waals surface area contributed by atoms with Crippen molar-refractivity contribution in [2.24, 2.45) is 0 Å². The molecule has 1 heterocycles. The van der Waals surface area contributed by atoms with Crippen LogP contribution in [-0.4, -0.2) is 53.6 Å². The highest BCUT2D eigenvalue weighted by atomic mass is 32.2. The fraction of sp³-hybridized carbons (Fsp3) is 0.368. The zero-order valence-electron chi connectivity index (χ0n) is 15.8. The Bertz CT molecular complexity index is 1000. The van der Waals surface area contributed by atoms with Crippen LogP contribution in [0.5, 0.6) is 0 Å². The Hall–Kier alpha value is -2.65. The van der Waals surface area contributed by atoms with Crippen molar-refractivity contribution in [1.29, 1.82) is 0 Å². The molecule has 1 aliphatic heterocycles. The van der Waals surface area contributed by atoms with Crippen LogP contribution in [0, 0.1) is 0 Å². The Balaban J connectivity index is 1.70.